The third-order valence-corrected chi connectivity index (χ3v) is 5.18. The highest BCUT2D eigenvalue weighted by atomic mass is 32.1. The van der Waals surface area contributed by atoms with Crippen LogP contribution in [0.3, 0.4) is 0 Å². The van der Waals surface area contributed by atoms with E-state index >= 15 is 0 Å². The molecule has 1 aromatic carbocycles. The van der Waals surface area contributed by atoms with Crippen molar-refractivity contribution in [2.75, 3.05) is 18.8 Å². The Hall–Kier alpha value is -1.53. The van der Waals surface area contributed by atoms with Gasteiger partial charge in [0.1, 0.15) is 0 Å². The number of hydrogen-bond acceptors (Lipinski definition) is 4. The maximum atomic E-state index is 12.1. The van der Waals surface area contributed by atoms with E-state index < -0.39 is 17.4 Å². The summed E-state index contributed by atoms with van der Waals surface area (Å²) >= 11 is 4.05. The van der Waals surface area contributed by atoms with E-state index in [0.29, 0.717) is 38.1 Å². The summed E-state index contributed by atoms with van der Waals surface area (Å²) in [5.41, 5.74) is 7.08. The molecule has 0 unspecified atom stereocenters. The highest BCUT2D eigenvalue weighted by Crippen LogP contribution is 2.36. The molecule has 6 heteroatoms. The van der Waals surface area contributed by atoms with Crippen LogP contribution in [-0.2, 0) is 16.0 Å². The van der Waals surface area contributed by atoms with Crippen LogP contribution >= 0.6 is 12.6 Å². The van der Waals surface area contributed by atoms with Gasteiger partial charge in [-0.1, -0.05) is 24.3 Å². The number of piperidine rings is 1. The highest BCUT2D eigenvalue weighted by Gasteiger charge is 2.43. The van der Waals surface area contributed by atoms with Crippen LogP contribution in [0.5, 0.6) is 0 Å². The number of likely N-dealkylation sites (tertiary alicyclic amines) is 1. The fourth-order valence-corrected chi connectivity index (χ4v) is 3.26. The molecule has 1 fully saturated rings. The lowest BCUT2D eigenvalue weighted by Crippen LogP contribution is -2.52. The summed E-state index contributed by atoms with van der Waals surface area (Å²) in [5, 5.41) is 9.78. The summed E-state index contributed by atoms with van der Waals surface area (Å²) in [6.07, 6.45) is 1.39. The maximum Gasteiger partial charge on any atom is 0.310 e. The lowest BCUT2D eigenvalue weighted by molar-refractivity contribution is -0.154. The molecule has 1 heterocycles. The van der Waals surface area contributed by atoms with E-state index in [2.05, 4.69) is 12.6 Å². The molecule has 0 saturated carbocycles. The number of carbonyl (C=O) groups excluding carboxylic acids is 1. The number of carboxylic acids is 1. The summed E-state index contributed by atoms with van der Waals surface area (Å²) in [6.45, 7) is 2.85. The Morgan fingerprint density at radius 1 is 1.35 bits per heavy atom. The van der Waals surface area contributed by atoms with Gasteiger partial charge in [0, 0.05) is 18.8 Å². The van der Waals surface area contributed by atoms with Gasteiger partial charge < -0.3 is 15.7 Å². The lowest BCUT2D eigenvalue weighted by Gasteiger charge is -2.40. The minimum Gasteiger partial charge on any atom is -0.481 e. The van der Waals surface area contributed by atoms with Crippen molar-refractivity contribution < 1.29 is 14.7 Å². The van der Waals surface area contributed by atoms with Crippen LogP contribution in [-0.4, -0.2) is 46.8 Å². The van der Waals surface area contributed by atoms with Crippen molar-refractivity contribution in [1.29, 1.82) is 0 Å². The summed E-state index contributed by atoms with van der Waals surface area (Å²) in [6, 6.07) is 7.24. The van der Waals surface area contributed by atoms with E-state index in [-0.39, 0.29) is 5.91 Å². The van der Waals surface area contributed by atoms with Crippen LogP contribution < -0.4 is 5.73 Å². The third-order valence-electron chi connectivity index (χ3n) is 4.79. The van der Waals surface area contributed by atoms with Crippen molar-refractivity contribution in [2.45, 2.75) is 32.2 Å². The average Bonchev–Trinajstić information content (AvgIpc) is 2.56. The topological polar surface area (TPSA) is 83.6 Å². The first-order valence-corrected chi connectivity index (χ1v) is 8.46. The number of thiol groups is 1. The third kappa shape index (κ3) is 3.87. The van der Waals surface area contributed by atoms with Crippen molar-refractivity contribution in [1.82, 2.24) is 4.90 Å². The molecule has 1 atom stereocenters. The number of amides is 1. The number of aliphatic carboxylic acids is 1. The van der Waals surface area contributed by atoms with Gasteiger partial charge in [-0.25, -0.2) is 0 Å². The Morgan fingerprint density at radius 3 is 2.48 bits per heavy atom. The van der Waals surface area contributed by atoms with Crippen LogP contribution in [0.2, 0.25) is 0 Å². The molecule has 126 valence electrons. The second kappa shape index (κ2) is 7.36. The molecule has 1 amide bonds. The second-order valence-electron chi connectivity index (χ2n) is 6.30. The number of nitrogens with zero attached hydrogens (tertiary/aromatic N) is 1. The molecule has 0 spiro atoms. The van der Waals surface area contributed by atoms with Crippen LogP contribution in [0.1, 0.15) is 24.0 Å². The van der Waals surface area contributed by atoms with E-state index in [0.717, 1.165) is 11.1 Å². The van der Waals surface area contributed by atoms with Crippen molar-refractivity contribution in [3.05, 3.63) is 35.4 Å². The first kappa shape index (κ1) is 17.8. The maximum absolute atomic E-state index is 12.1. The monoisotopic (exact) mass is 336 g/mol. The molecule has 3 N–H and O–H groups in total. The Morgan fingerprint density at radius 2 is 1.96 bits per heavy atom. The molecule has 0 bridgehead atoms. The first-order chi connectivity index (χ1) is 10.9. The Labute approximate surface area is 142 Å². The molecule has 5 nitrogen and oxygen atoms in total. The van der Waals surface area contributed by atoms with E-state index in [4.69, 9.17) is 5.73 Å². The number of aryl methyl sites for hydroxylation is 1. The number of nitrogens with two attached hydrogens (primary N) is 1. The van der Waals surface area contributed by atoms with Gasteiger partial charge in [0.25, 0.3) is 0 Å². The normalized spacial score (nSPS) is 18.5. The number of rotatable bonds is 5. The van der Waals surface area contributed by atoms with Crippen LogP contribution in [0.4, 0.5) is 0 Å². The predicted octanol–water partition coefficient (Wildman–Crippen LogP) is 1.49. The first-order valence-electron chi connectivity index (χ1n) is 7.83. The molecule has 1 aliphatic heterocycles. The van der Waals surface area contributed by atoms with Gasteiger partial charge in [-0.3, -0.25) is 9.59 Å². The van der Waals surface area contributed by atoms with E-state index in [9.17, 15) is 14.7 Å². The molecular weight excluding hydrogens is 312 g/mol. The van der Waals surface area contributed by atoms with Gasteiger partial charge in [-0.2, -0.15) is 12.6 Å². The van der Waals surface area contributed by atoms with Gasteiger partial charge >= 0.3 is 5.97 Å². The fraction of sp³-hybridized carbons (Fsp3) is 0.529. The highest BCUT2D eigenvalue weighted by molar-refractivity contribution is 7.80. The molecule has 23 heavy (non-hydrogen) atoms. The standard InChI is InChI=1S/C17H24N2O3S/c1-12-4-2-3-5-13(12)10-17(16(21)22)6-8-19(9-7-17)15(20)14(18)11-23/h2-5,14,23H,6-11,18H2,1H3,(H,21,22)/t14-/m0/s1. The molecule has 0 radical (unpaired) electrons. The Balaban J connectivity index is 2.12. The fourth-order valence-electron chi connectivity index (χ4n) is 3.11. The summed E-state index contributed by atoms with van der Waals surface area (Å²) in [4.78, 5) is 25.7. The minimum absolute atomic E-state index is 0.144. The van der Waals surface area contributed by atoms with Gasteiger partial charge in [0.2, 0.25) is 5.91 Å². The summed E-state index contributed by atoms with van der Waals surface area (Å²) < 4.78 is 0. The van der Waals surface area contributed by atoms with Crippen LogP contribution in [0.25, 0.3) is 0 Å². The zero-order chi connectivity index (χ0) is 17.0. The van der Waals surface area contributed by atoms with Gasteiger partial charge in [0.05, 0.1) is 11.5 Å². The van der Waals surface area contributed by atoms with Crippen molar-refractivity contribution >= 4 is 24.5 Å². The zero-order valence-electron chi connectivity index (χ0n) is 13.4. The molecule has 0 aliphatic carbocycles. The molecular formula is C17H24N2O3S. The molecule has 1 aliphatic rings. The number of carboxylic acid groups (broad SMARTS) is 1. The molecule has 0 aromatic heterocycles. The van der Waals surface area contributed by atoms with Gasteiger partial charge in [-0.05, 0) is 37.3 Å². The van der Waals surface area contributed by atoms with Crippen molar-refractivity contribution in [3.8, 4) is 0 Å². The van der Waals surface area contributed by atoms with E-state index in [1.54, 1.807) is 4.90 Å². The van der Waals surface area contributed by atoms with E-state index in [1.807, 2.05) is 31.2 Å². The molecule has 1 saturated heterocycles. The van der Waals surface area contributed by atoms with E-state index in [1.165, 1.54) is 0 Å². The van der Waals surface area contributed by atoms with Gasteiger partial charge in [-0.15, -0.1) is 0 Å². The SMILES string of the molecule is Cc1ccccc1CC1(C(=O)O)CCN(C(=O)[C@@H](N)CS)CC1. The lowest BCUT2D eigenvalue weighted by atomic mass is 9.73. The van der Waals surface area contributed by atoms with Crippen molar-refractivity contribution in [3.63, 3.8) is 0 Å². The summed E-state index contributed by atoms with van der Waals surface area (Å²) in [5.74, 6) is -0.635. The molecule has 1 aromatic rings. The Bertz CT molecular complexity index is 583. The quantitative estimate of drug-likeness (QED) is 0.711. The van der Waals surface area contributed by atoms with Crippen molar-refractivity contribution in [2.24, 2.45) is 11.1 Å². The number of carbonyl (C=O) groups is 2. The molecule has 2 rings (SSSR count). The smallest absolute Gasteiger partial charge is 0.310 e. The number of hydrogen-bond donors (Lipinski definition) is 3. The average molecular weight is 336 g/mol. The van der Waals surface area contributed by atoms with Crippen LogP contribution in [0, 0.1) is 12.3 Å². The minimum atomic E-state index is -0.812. The Kier molecular flexibility index (Phi) is 5.70. The van der Waals surface area contributed by atoms with Crippen LogP contribution in [0.15, 0.2) is 24.3 Å². The number of benzene rings is 1. The summed E-state index contributed by atoms with van der Waals surface area (Å²) in [7, 11) is 0. The predicted molar refractivity (Wildman–Crippen MR) is 92.6 cm³/mol. The second-order valence-corrected chi connectivity index (χ2v) is 6.67. The van der Waals surface area contributed by atoms with Gasteiger partial charge in [0.15, 0.2) is 0 Å². The zero-order valence-corrected chi connectivity index (χ0v) is 14.3. The largest absolute Gasteiger partial charge is 0.481 e.